The number of nitriles is 1. The number of hydrogen-bond acceptors (Lipinski definition) is 4. The molecular weight excluding hydrogens is 300 g/mol. The first kappa shape index (κ1) is 15.7. The highest BCUT2D eigenvalue weighted by atomic mass is 16.5. The molecule has 0 amide bonds. The van der Waals surface area contributed by atoms with Crippen molar-refractivity contribution in [2.75, 3.05) is 7.11 Å². The Kier molecular flexibility index (Phi) is 4.55. The molecule has 1 atom stereocenters. The summed E-state index contributed by atoms with van der Waals surface area (Å²) in [6, 6.07) is 18.6. The predicted molar refractivity (Wildman–Crippen MR) is 91.4 cm³/mol. The Labute approximate surface area is 140 Å². The number of ether oxygens (including phenoxy) is 1. The number of hydrogen-bond donors (Lipinski definition) is 1. The minimum atomic E-state index is -0.838. The van der Waals surface area contributed by atoms with Crippen LogP contribution < -0.4 is 4.74 Å². The van der Waals surface area contributed by atoms with Crippen molar-refractivity contribution in [2.24, 2.45) is 0 Å². The van der Waals surface area contributed by atoms with Gasteiger partial charge in [-0.25, -0.2) is 0 Å². The third-order valence-corrected chi connectivity index (χ3v) is 3.86. The lowest BCUT2D eigenvalue weighted by Crippen LogP contribution is -2.03. The van der Waals surface area contributed by atoms with Gasteiger partial charge in [-0.15, -0.1) is 0 Å². The summed E-state index contributed by atoms with van der Waals surface area (Å²) < 4.78 is 5.22. The van der Waals surface area contributed by atoms with Crippen molar-refractivity contribution in [1.82, 2.24) is 4.98 Å². The molecule has 4 nitrogen and oxygen atoms in total. The number of rotatable bonds is 4. The fourth-order valence-corrected chi connectivity index (χ4v) is 2.63. The van der Waals surface area contributed by atoms with Gasteiger partial charge >= 0.3 is 0 Å². The van der Waals surface area contributed by atoms with Crippen molar-refractivity contribution in [3.63, 3.8) is 0 Å². The molecule has 1 N–H and O–H groups in total. The lowest BCUT2D eigenvalue weighted by atomic mass is 9.94. The molecule has 0 radical (unpaired) electrons. The molecule has 2 aromatic carbocycles. The Hall–Kier alpha value is -3.16. The van der Waals surface area contributed by atoms with Gasteiger partial charge in [0.25, 0.3) is 0 Å². The van der Waals surface area contributed by atoms with Crippen LogP contribution in [0.1, 0.15) is 22.8 Å². The van der Waals surface area contributed by atoms with Gasteiger partial charge in [-0.2, -0.15) is 5.26 Å². The molecule has 4 heteroatoms. The van der Waals surface area contributed by atoms with Crippen LogP contribution in [0, 0.1) is 11.3 Å². The molecule has 0 fully saturated rings. The topological polar surface area (TPSA) is 66.1 Å². The van der Waals surface area contributed by atoms with Crippen molar-refractivity contribution in [1.29, 1.82) is 5.26 Å². The van der Waals surface area contributed by atoms with E-state index < -0.39 is 6.10 Å². The molecule has 118 valence electrons. The summed E-state index contributed by atoms with van der Waals surface area (Å²) in [7, 11) is 1.59. The fourth-order valence-electron chi connectivity index (χ4n) is 2.63. The number of benzene rings is 2. The van der Waals surface area contributed by atoms with E-state index in [2.05, 4.69) is 11.1 Å². The van der Waals surface area contributed by atoms with Gasteiger partial charge in [-0.3, -0.25) is 4.98 Å². The average Bonchev–Trinajstić information content (AvgIpc) is 2.67. The molecule has 3 aromatic rings. The van der Waals surface area contributed by atoms with E-state index in [1.807, 2.05) is 36.4 Å². The van der Waals surface area contributed by atoms with E-state index in [9.17, 15) is 5.11 Å². The molecule has 0 spiro atoms. The Morgan fingerprint density at radius 3 is 2.75 bits per heavy atom. The molecule has 1 unspecified atom stereocenters. The maximum absolute atomic E-state index is 10.8. The summed E-state index contributed by atoms with van der Waals surface area (Å²) in [5, 5.41) is 19.9. The summed E-state index contributed by atoms with van der Waals surface area (Å²) in [6.45, 7) is 0. The monoisotopic (exact) mass is 316 g/mol. The molecule has 0 aliphatic heterocycles. The van der Waals surface area contributed by atoms with Gasteiger partial charge in [0.15, 0.2) is 0 Å². The summed E-state index contributed by atoms with van der Waals surface area (Å²) in [6.07, 6.45) is 2.49. The van der Waals surface area contributed by atoms with Crippen molar-refractivity contribution in [3.8, 4) is 22.9 Å². The highest BCUT2D eigenvalue weighted by Crippen LogP contribution is 2.32. The van der Waals surface area contributed by atoms with E-state index in [0.717, 1.165) is 16.7 Å². The number of methoxy groups -OCH3 is 1. The average molecular weight is 316 g/mol. The van der Waals surface area contributed by atoms with Crippen LogP contribution >= 0.6 is 0 Å². The zero-order valence-corrected chi connectivity index (χ0v) is 13.2. The predicted octanol–water partition coefficient (Wildman–Crippen LogP) is 3.71. The molecule has 0 aliphatic carbocycles. The first-order valence-corrected chi connectivity index (χ1v) is 7.49. The van der Waals surface area contributed by atoms with Gasteiger partial charge < -0.3 is 9.84 Å². The molecular formula is C20H16N2O2. The van der Waals surface area contributed by atoms with Crippen LogP contribution in [-0.2, 0) is 0 Å². The zero-order chi connectivity index (χ0) is 16.9. The van der Waals surface area contributed by atoms with Gasteiger partial charge in [0, 0.05) is 18.0 Å². The Morgan fingerprint density at radius 2 is 1.96 bits per heavy atom. The van der Waals surface area contributed by atoms with Crippen LogP contribution in [0.4, 0.5) is 0 Å². The van der Waals surface area contributed by atoms with Gasteiger partial charge in [-0.05, 0) is 47.0 Å². The number of nitrogens with zero attached hydrogens (tertiary/aromatic N) is 2. The molecule has 3 rings (SSSR count). The van der Waals surface area contributed by atoms with Gasteiger partial charge in [0.1, 0.15) is 11.9 Å². The minimum Gasteiger partial charge on any atom is -0.497 e. The lowest BCUT2D eigenvalue weighted by Gasteiger charge is -2.16. The van der Waals surface area contributed by atoms with E-state index in [4.69, 9.17) is 10.00 Å². The Morgan fingerprint density at radius 1 is 1.12 bits per heavy atom. The Balaban J connectivity index is 2.07. The standard InChI is InChI=1S/C20H16N2O2/c1-24-17-7-3-6-16(11-17)20(23)19-13-22-9-8-18(19)15-5-2-4-14(10-15)12-21/h2-11,13,20,23H,1H3. The molecule has 1 heterocycles. The van der Waals surface area contributed by atoms with Gasteiger partial charge in [0.05, 0.1) is 18.7 Å². The first-order chi connectivity index (χ1) is 11.7. The molecule has 24 heavy (non-hydrogen) atoms. The van der Waals surface area contributed by atoms with Crippen LogP contribution in [0.5, 0.6) is 5.75 Å². The van der Waals surface area contributed by atoms with E-state index in [1.165, 1.54) is 0 Å². The summed E-state index contributed by atoms with van der Waals surface area (Å²) in [4.78, 5) is 4.15. The molecule has 0 aliphatic rings. The Bertz CT molecular complexity index is 900. The van der Waals surface area contributed by atoms with Crippen LogP contribution in [-0.4, -0.2) is 17.2 Å². The second-order valence-electron chi connectivity index (χ2n) is 5.33. The summed E-state index contributed by atoms with van der Waals surface area (Å²) in [5.41, 5.74) is 3.69. The number of aliphatic hydroxyl groups is 1. The number of aromatic nitrogens is 1. The maximum atomic E-state index is 10.8. The largest absolute Gasteiger partial charge is 0.497 e. The molecule has 0 saturated carbocycles. The van der Waals surface area contributed by atoms with E-state index >= 15 is 0 Å². The van der Waals surface area contributed by atoms with Crippen molar-refractivity contribution in [3.05, 3.63) is 83.7 Å². The zero-order valence-electron chi connectivity index (χ0n) is 13.2. The SMILES string of the molecule is COc1cccc(C(O)c2cnccc2-c2cccc(C#N)c2)c1. The second kappa shape index (κ2) is 6.95. The van der Waals surface area contributed by atoms with Crippen LogP contribution in [0.25, 0.3) is 11.1 Å². The number of aliphatic hydroxyl groups excluding tert-OH is 1. The highest BCUT2D eigenvalue weighted by Gasteiger charge is 2.16. The normalized spacial score (nSPS) is 11.5. The van der Waals surface area contributed by atoms with Crippen LogP contribution in [0.2, 0.25) is 0 Å². The number of pyridine rings is 1. The minimum absolute atomic E-state index is 0.575. The van der Waals surface area contributed by atoms with E-state index in [1.54, 1.807) is 37.7 Å². The second-order valence-corrected chi connectivity index (χ2v) is 5.33. The third-order valence-electron chi connectivity index (χ3n) is 3.86. The van der Waals surface area contributed by atoms with Gasteiger partial charge in [0.2, 0.25) is 0 Å². The van der Waals surface area contributed by atoms with E-state index in [0.29, 0.717) is 16.9 Å². The maximum Gasteiger partial charge on any atom is 0.119 e. The molecule has 0 bridgehead atoms. The summed E-state index contributed by atoms with van der Waals surface area (Å²) >= 11 is 0. The van der Waals surface area contributed by atoms with Crippen molar-refractivity contribution < 1.29 is 9.84 Å². The molecule has 0 saturated heterocycles. The highest BCUT2D eigenvalue weighted by molar-refractivity contribution is 5.69. The first-order valence-electron chi connectivity index (χ1n) is 7.49. The lowest BCUT2D eigenvalue weighted by molar-refractivity contribution is 0.220. The van der Waals surface area contributed by atoms with Crippen molar-refractivity contribution in [2.45, 2.75) is 6.10 Å². The van der Waals surface area contributed by atoms with Crippen LogP contribution in [0.15, 0.2) is 67.0 Å². The third kappa shape index (κ3) is 3.12. The quantitative estimate of drug-likeness (QED) is 0.797. The summed E-state index contributed by atoms with van der Waals surface area (Å²) in [5.74, 6) is 0.684. The van der Waals surface area contributed by atoms with E-state index in [-0.39, 0.29) is 0 Å². The smallest absolute Gasteiger partial charge is 0.119 e. The van der Waals surface area contributed by atoms with Crippen LogP contribution in [0.3, 0.4) is 0 Å². The molecule has 1 aromatic heterocycles. The van der Waals surface area contributed by atoms with Crippen molar-refractivity contribution >= 4 is 0 Å². The van der Waals surface area contributed by atoms with Gasteiger partial charge in [-0.1, -0.05) is 24.3 Å². The fraction of sp³-hybridized carbons (Fsp3) is 0.100.